The third kappa shape index (κ3) is 1.68. The summed E-state index contributed by atoms with van der Waals surface area (Å²) in [5, 5.41) is 0. The summed E-state index contributed by atoms with van der Waals surface area (Å²) in [5.74, 6) is 0.251. The van der Waals surface area contributed by atoms with Crippen LogP contribution in [-0.4, -0.2) is 11.0 Å². The van der Waals surface area contributed by atoms with E-state index in [2.05, 4.69) is 28.9 Å². The molecule has 2 aromatic rings. The van der Waals surface area contributed by atoms with Gasteiger partial charge in [0.2, 0.25) is 5.95 Å². The van der Waals surface area contributed by atoms with E-state index in [9.17, 15) is 4.39 Å². The quantitative estimate of drug-likeness (QED) is 0.696. The van der Waals surface area contributed by atoms with Crippen molar-refractivity contribution in [1.82, 2.24) is 4.98 Å². The van der Waals surface area contributed by atoms with Gasteiger partial charge in [-0.1, -0.05) is 24.3 Å². The van der Waals surface area contributed by atoms with Crippen molar-refractivity contribution < 1.29 is 4.39 Å². The Labute approximate surface area is 99.7 Å². The Morgan fingerprint density at radius 1 is 1.18 bits per heavy atom. The van der Waals surface area contributed by atoms with E-state index in [0.29, 0.717) is 11.9 Å². The van der Waals surface area contributed by atoms with Crippen LogP contribution >= 0.6 is 0 Å². The maximum atomic E-state index is 13.2. The molecule has 0 N–H and O–H groups in total. The molecule has 1 unspecified atom stereocenters. The Morgan fingerprint density at radius 3 is 2.82 bits per heavy atom. The van der Waals surface area contributed by atoms with Gasteiger partial charge in [-0.15, -0.1) is 0 Å². The molecule has 1 atom stereocenters. The van der Waals surface area contributed by atoms with Gasteiger partial charge in [0.15, 0.2) is 0 Å². The summed E-state index contributed by atoms with van der Waals surface area (Å²) in [6.45, 7) is 2.13. The molecule has 0 bridgehead atoms. The van der Waals surface area contributed by atoms with Crippen molar-refractivity contribution in [1.29, 1.82) is 0 Å². The molecule has 3 heteroatoms. The van der Waals surface area contributed by atoms with Crippen LogP contribution in [0.1, 0.15) is 12.5 Å². The first kappa shape index (κ1) is 10.3. The first-order chi connectivity index (χ1) is 8.25. The second kappa shape index (κ2) is 3.84. The molecule has 0 spiro atoms. The number of hydrogen-bond acceptors (Lipinski definition) is 2. The summed E-state index contributed by atoms with van der Waals surface area (Å²) in [7, 11) is 0. The Morgan fingerprint density at radius 2 is 2.00 bits per heavy atom. The van der Waals surface area contributed by atoms with E-state index in [1.165, 1.54) is 11.6 Å². The fourth-order valence-corrected chi connectivity index (χ4v) is 2.45. The lowest BCUT2D eigenvalue weighted by Gasteiger charge is -2.23. The van der Waals surface area contributed by atoms with Crippen LogP contribution in [0.4, 0.5) is 15.9 Å². The summed E-state index contributed by atoms with van der Waals surface area (Å²) in [5.41, 5.74) is 2.43. The van der Waals surface area contributed by atoms with Gasteiger partial charge in [-0.05, 0) is 37.1 Å². The topological polar surface area (TPSA) is 16.1 Å². The molecule has 0 saturated heterocycles. The van der Waals surface area contributed by atoms with Crippen molar-refractivity contribution in [3.8, 4) is 0 Å². The van der Waals surface area contributed by atoms with Gasteiger partial charge in [-0.3, -0.25) is 0 Å². The van der Waals surface area contributed by atoms with E-state index < -0.39 is 5.95 Å². The normalized spacial score (nSPS) is 18.2. The van der Waals surface area contributed by atoms with Crippen LogP contribution in [0, 0.1) is 5.95 Å². The van der Waals surface area contributed by atoms with Crippen LogP contribution in [-0.2, 0) is 6.42 Å². The number of fused-ring (bicyclic) bond motifs is 1. The van der Waals surface area contributed by atoms with Crippen LogP contribution < -0.4 is 4.90 Å². The maximum Gasteiger partial charge on any atom is 0.214 e. The molecule has 0 amide bonds. The van der Waals surface area contributed by atoms with Gasteiger partial charge < -0.3 is 4.90 Å². The van der Waals surface area contributed by atoms with E-state index in [1.54, 1.807) is 6.07 Å². The fourth-order valence-electron chi connectivity index (χ4n) is 2.45. The second-order valence-corrected chi connectivity index (χ2v) is 4.37. The minimum atomic E-state index is -0.431. The first-order valence-corrected chi connectivity index (χ1v) is 5.75. The Kier molecular flexibility index (Phi) is 2.32. The molecular formula is C14H13FN2. The van der Waals surface area contributed by atoms with Crippen molar-refractivity contribution in [3.63, 3.8) is 0 Å². The third-order valence-corrected chi connectivity index (χ3v) is 3.15. The first-order valence-electron chi connectivity index (χ1n) is 5.75. The zero-order chi connectivity index (χ0) is 11.8. The number of pyridine rings is 1. The van der Waals surface area contributed by atoms with E-state index in [1.807, 2.05) is 18.2 Å². The average Bonchev–Trinajstić information content (AvgIpc) is 2.64. The molecule has 1 aliphatic rings. The van der Waals surface area contributed by atoms with Gasteiger partial charge in [0, 0.05) is 11.7 Å². The molecule has 1 aliphatic heterocycles. The van der Waals surface area contributed by atoms with Gasteiger partial charge in [-0.2, -0.15) is 4.39 Å². The fraction of sp³-hybridized carbons (Fsp3) is 0.214. The zero-order valence-electron chi connectivity index (χ0n) is 9.60. The van der Waals surface area contributed by atoms with E-state index in [0.717, 1.165) is 12.1 Å². The largest absolute Gasteiger partial charge is 0.323 e. The molecule has 0 saturated carbocycles. The summed E-state index contributed by atoms with van der Waals surface area (Å²) in [6, 6.07) is 13.5. The van der Waals surface area contributed by atoms with Gasteiger partial charge in [0.1, 0.15) is 5.82 Å². The highest BCUT2D eigenvalue weighted by atomic mass is 19.1. The van der Waals surface area contributed by atoms with E-state index in [4.69, 9.17) is 0 Å². The molecule has 0 aliphatic carbocycles. The van der Waals surface area contributed by atoms with Gasteiger partial charge in [-0.25, -0.2) is 4.98 Å². The number of rotatable bonds is 1. The number of anilines is 2. The molecule has 1 aromatic carbocycles. The predicted molar refractivity (Wildman–Crippen MR) is 65.9 cm³/mol. The van der Waals surface area contributed by atoms with E-state index >= 15 is 0 Å². The van der Waals surface area contributed by atoms with Crippen molar-refractivity contribution in [2.75, 3.05) is 4.90 Å². The van der Waals surface area contributed by atoms with Gasteiger partial charge in [0.25, 0.3) is 0 Å². The molecule has 0 radical (unpaired) electrons. The Balaban J connectivity index is 2.09. The number of hydrogen-bond donors (Lipinski definition) is 0. The lowest BCUT2D eigenvalue weighted by Crippen LogP contribution is -2.24. The van der Waals surface area contributed by atoms with Crippen molar-refractivity contribution in [2.45, 2.75) is 19.4 Å². The Hall–Kier alpha value is -1.90. The predicted octanol–water partition coefficient (Wildman–Crippen LogP) is 3.30. The molecule has 1 aromatic heterocycles. The Bertz CT molecular complexity index is 553. The highest BCUT2D eigenvalue weighted by molar-refractivity contribution is 5.68. The molecule has 86 valence electrons. The third-order valence-electron chi connectivity index (χ3n) is 3.15. The number of aromatic nitrogens is 1. The van der Waals surface area contributed by atoms with Crippen LogP contribution in [0.15, 0.2) is 42.5 Å². The van der Waals surface area contributed by atoms with Gasteiger partial charge in [0.05, 0.1) is 0 Å². The summed E-state index contributed by atoms with van der Waals surface area (Å²) < 4.78 is 13.2. The molecule has 0 fully saturated rings. The van der Waals surface area contributed by atoms with Crippen LogP contribution in [0.2, 0.25) is 0 Å². The summed E-state index contributed by atoms with van der Waals surface area (Å²) in [6.07, 6.45) is 0.981. The molecular weight excluding hydrogens is 215 g/mol. The highest BCUT2D eigenvalue weighted by Gasteiger charge is 2.27. The SMILES string of the molecule is CC1Cc2ccccc2N1c1cccc(F)n1. The monoisotopic (exact) mass is 228 g/mol. The number of para-hydroxylation sites is 1. The lowest BCUT2D eigenvalue weighted by atomic mass is 10.1. The molecule has 17 heavy (non-hydrogen) atoms. The molecule has 2 heterocycles. The van der Waals surface area contributed by atoms with Crippen LogP contribution in [0.5, 0.6) is 0 Å². The van der Waals surface area contributed by atoms with Crippen LogP contribution in [0.25, 0.3) is 0 Å². The highest BCUT2D eigenvalue weighted by Crippen LogP contribution is 2.36. The zero-order valence-corrected chi connectivity index (χ0v) is 9.60. The second-order valence-electron chi connectivity index (χ2n) is 4.37. The average molecular weight is 228 g/mol. The number of nitrogens with zero attached hydrogens (tertiary/aromatic N) is 2. The number of halogens is 1. The minimum Gasteiger partial charge on any atom is -0.323 e. The standard InChI is InChI=1S/C14H13FN2/c1-10-9-11-5-2-3-6-12(11)17(10)14-8-4-7-13(15)16-14/h2-8,10H,9H2,1H3. The van der Waals surface area contributed by atoms with Crippen molar-refractivity contribution in [3.05, 3.63) is 54.0 Å². The molecule has 3 rings (SSSR count). The maximum absolute atomic E-state index is 13.2. The summed E-state index contributed by atoms with van der Waals surface area (Å²) in [4.78, 5) is 6.06. The van der Waals surface area contributed by atoms with Gasteiger partial charge >= 0.3 is 0 Å². The smallest absolute Gasteiger partial charge is 0.214 e. The summed E-state index contributed by atoms with van der Waals surface area (Å²) >= 11 is 0. The van der Waals surface area contributed by atoms with Crippen molar-refractivity contribution in [2.24, 2.45) is 0 Å². The van der Waals surface area contributed by atoms with E-state index in [-0.39, 0.29) is 0 Å². The van der Waals surface area contributed by atoms with Crippen LogP contribution in [0.3, 0.4) is 0 Å². The number of benzene rings is 1. The molecule has 2 nitrogen and oxygen atoms in total. The minimum absolute atomic E-state index is 0.321. The lowest BCUT2D eigenvalue weighted by molar-refractivity contribution is 0.581. The van der Waals surface area contributed by atoms with Crippen molar-refractivity contribution >= 4 is 11.5 Å².